The number of hydrogen-bond acceptors (Lipinski definition) is 1. The second kappa shape index (κ2) is 6.39. The van der Waals surface area contributed by atoms with E-state index >= 15 is 0 Å². The van der Waals surface area contributed by atoms with Gasteiger partial charge in [0.05, 0.1) is 0 Å². The van der Waals surface area contributed by atoms with Crippen LogP contribution in [-0.4, -0.2) is 11.9 Å². The molecule has 1 aromatic rings. The third-order valence-corrected chi connectivity index (χ3v) is 3.19. The van der Waals surface area contributed by atoms with E-state index in [0.29, 0.717) is 5.92 Å². The molecule has 2 rings (SSSR count). The molecule has 0 saturated heterocycles. The minimum Gasteiger partial charge on any atom is -0.305 e. The SMILES string of the molecule is C=CC(=O)N1c2ccccc2CC1C(C)C.CC. The Morgan fingerprint density at radius 3 is 2.56 bits per heavy atom. The molecule has 1 amide bonds. The van der Waals surface area contributed by atoms with Crippen LogP contribution in [0.15, 0.2) is 36.9 Å². The standard InChI is InChI=1S/C14H17NO.C2H6/c1-4-14(16)15-12-8-6-5-7-11(12)9-13(15)10(2)3;1-2/h4-8,10,13H,1,9H2,2-3H3;1-2H3. The Morgan fingerprint density at radius 2 is 2.00 bits per heavy atom. The summed E-state index contributed by atoms with van der Waals surface area (Å²) in [4.78, 5) is 13.8. The lowest BCUT2D eigenvalue weighted by atomic mass is 10.00. The smallest absolute Gasteiger partial charge is 0.250 e. The molecule has 1 heterocycles. The Bertz CT molecular complexity index is 423. The van der Waals surface area contributed by atoms with E-state index in [1.807, 2.05) is 36.9 Å². The van der Waals surface area contributed by atoms with Gasteiger partial charge in [0.25, 0.3) is 5.91 Å². The predicted octanol–water partition coefficient (Wildman–Crippen LogP) is 3.81. The summed E-state index contributed by atoms with van der Waals surface area (Å²) in [6.45, 7) is 11.9. The minimum absolute atomic E-state index is 0.00338. The van der Waals surface area contributed by atoms with Crippen LogP contribution >= 0.6 is 0 Å². The zero-order chi connectivity index (χ0) is 13.7. The van der Waals surface area contributed by atoms with E-state index < -0.39 is 0 Å². The molecule has 1 unspecified atom stereocenters. The van der Waals surface area contributed by atoms with E-state index in [1.54, 1.807) is 0 Å². The van der Waals surface area contributed by atoms with E-state index in [9.17, 15) is 4.79 Å². The topological polar surface area (TPSA) is 20.3 Å². The number of benzene rings is 1. The van der Waals surface area contributed by atoms with Gasteiger partial charge in [0.1, 0.15) is 0 Å². The van der Waals surface area contributed by atoms with Crippen molar-refractivity contribution >= 4 is 11.6 Å². The number of fused-ring (bicyclic) bond motifs is 1. The number of carbonyl (C=O) groups is 1. The van der Waals surface area contributed by atoms with Crippen molar-refractivity contribution in [3.8, 4) is 0 Å². The molecule has 2 heteroatoms. The van der Waals surface area contributed by atoms with E-state index in [4.69, 9.17) is 0 Å². The fourth-order valence-electron chi connectivity index (χ4n) is 2.33. The summed E-state index contributed by atoms with van der Waals surface area (Å²) in [5.41, 5.74) is 2.31. The van der Waals surface area contributed by atoms with Gasteiger partial charge in [-0.25, -0.2) is 0 Å². The summed E-state index contributed by atoms with van der Waals surface area (Å²) in [6, 6.07) is 8.38. The molecule has 0 N–H and O–H groups in total. The molecule has 1 aliphatic rings. The summed E-state index contributed by atoms with van der Waals surface area (Å²) in [7, 11) is 0. The van der Waals surface area contributed by atoms with Crippen molar-refractivity contribution in [2.45, 2.75) is 40.2 Å². The lowest BCUT2D eigenvalue weighted by molar-refractivity contribution is -0.114. The van der Waals surface area contributed by atoms with Crippen molar-refractivity contribution in [2.75, 3.05) is 4.90 Å². The molecule has 0 bridgehead atoms. The highest BCUT2D eigenvalue weighted by molar-refractivity contribution is 6.03. The van der Waals surface area contributed by atoms with Crippen LogP contribution in [0.1, 0.15) is 33.3 Å². The van der Waals surface area contributed by atoms with Crippen LogP contribution in [0.2, 0.25) is 0 Å². The van der Waals surface area contributed by atoms with Gasteiger partial charge >= 0.3 is 0 Å². The van der Waals surface area contributed by atoms with E-state index in [2.05, 4.69) is 26.5 Å². The van der Waals surface area contributed by atoms with Gasteiger partial charge in [0.2, 0.25) is 0 Å². The predicted molar refractivity (Wildman–Crippen MR) is 77.8 cm³/mol. The van der Waals surface area contributed by atoms with E-state index in [-0.39, 0.29) is 11.9 Å². The zero-order valence-corrected chi connectivity index (χ0v) is 11.8. The van der Waals surface area contributed by atoms with Gasteiger partial charge in [0, 0.05) is 11.7 Å². The van der Waals surface area contributed by atoms with Crippen LogP contribution < -0.4 is 4.90 Å². The Labute approximate surface area is 110 Å². The van der Waals surface area contributed by atoms with Gasteiger partial charge in [-0.2, -0.15) is 0 Å². The van der Waals surface area contributed by atoms with Crippen LogP contribution in [0.4, 0.5) is 5.69 Å². The fraction of sp³-hybridized carbons (Fsp3) is 0.438. The molecule has 2 nitrogen and oxygen atoms in total. The lowest BCUT2D eigenvalue weighted by Gasteiger charge is -2.27. The van der Waals surface area contributed by atoms with Crippen LogP contribution in [-0.2, 0) is 11.2 Å². The number of carbonyl (C=O) groups excluding carboxylic acids is 1. The quantitative estimate of drug-likeness (QED) is 0.725. The molecular weight excluding hydrogens is 222 g/mol. The maximum Gasteiger partial charge on any atom is 0.250 e. The number of para-hydroxylation sites is 1. The van der Waals surface area contributed by atoms with Gasteiger partial charge in [0.15, 0.2) is 0 Å². The minimum atomic E-state index is 0.00338. The number of hydrogen-bond donors (Lipinski definition) is 0. The Balaban J connectivity index is 0.000000771. The first-order chi connectivity index (χ1) is 8.65. The molecule has 98 valence electrons. The summed E-state index contributed by atoms with van der Waals surface area (Å²) < 4.78 is 0. The van der Waals surface area contributed by atoms with Crippen molar-refractivity contribution in [1.82, 2.24) is 0 Å². The monoisotopic (exact) mass is 245 g/mol. The number of nitrogens with zero attached hydrogens (tertiary/aromatic N) is 1. The van der Waals surface area contributed by atoms with Gasteiger partial charge in [-0.05, 0) is 30.0 Å². The summed E-state index contributed by atoms with van der Waals surface area (Å²) in [5, 5.41) is 0. The van der Waals surface area contributed by atoms with Gasteiger partial charge in [-0.1, -0.05) is 52.5 Å². The maximum absolute atomic E-state index is 11.9. The first kappa shape index (κ1) is 14.5. The normalized spacial score (nSPS) is 16.9. The highest BCUT2D eigenvalue weighted by Gasteiger charge is 2.33. The van der Waals surface area contributed by atoms with Crippen molar-refractivity contribution in [3.63, 3.8) is 0 Å². The van der Waals surface area contributed by atoms with Gasteiger partial charge < -0.3 is 4.90 Å². The second-order valence-electron chi connectivity index (χ2n) is 4.56. The molecule has 1 aliphatic heterocycles. The fourth-order valence-corrected chi connectivity index (χ4v) is 2.33. The highest BCUT2D eigenvalue weighted by Crippen LogP contribution is 2.35. The molecule has 1 aromatic carbocycles. The van der Waals surface area contributed by atoms with E-state index in [0.717, 1.165) is 12.1 Å². The molecule has 0 aliphatic carbocycles. The molecule has 1 atom stereocenters. The van der Waals surface area contributed by atoms with Crippen LogP contribution in [0.25, 0.3) is 0 Å². The molecule has 0 radical (unpaired) electrons. The maximum atomic E-state index is 11.9. The molecule has 18 heavy (non-hydrogen) atoms. The first-order valence-electron chi connectivity index (χ1n) is 6.68. The van der Waals surface area contributed by atoms with Crippen LogP contribution in [0, 0.1) is 5.92 Å². The molecule has 0 saturated carbocycles. The van der Waals surface area contributed by atoms with Crippen LogP contribution in [0.5, 0.6) is 0 Å². The Hall–Kier alpha value is -1.57. The summed E-state index contributed by atoms with van der Waals surface area (Å²) >= 11 is 0. The van der Waals surface area contributed by atoms with E-state index in [1.165, 1.54) is 11.6 Å². The number of amides is 1. The average Bonchev–Trinajstić information content (AvgIpc) is 2.79. The molecule has 0 spiro atoms. The highest BCUT2D eigenvalue weighted by atomic mass is 16.2. The summed E-state index contributed by atoms with van der Waals surface area (Å²) in [6.07, 6.45) is 2.35. The largest absolute Gasteiger partial charge is 0.305 e. The third kappa shape index (κ3) is 2.63. The zero-order valence-electron chi connectivity index (χ0n) is 11.8. The van der Waals surface area contributed by atoms with Crippen LogP contribution in [0.3, 0.4) is 0 Å². The summed E-state index contributed by atoms with van der Waals surface area (Å²) in [5.74, 6) is 0.458. The van der Waals surface area contributed by atoms with Crippen molar-refractivity contribution in [1.29, 1.82) is 0 Å². The van der Waals surface area contributed by atoms with Crippen molar-refractivity contribution < 1.29 is 4.79 Å². The number of rotatable bonds is 2. The number of anilines is 1. The van der Waals surface area contributed by atoms with Crippen molar-refractivity contribution in [3.05, 3.63) is 42.5 Å². The Kier molecular flexibility index (Phi) is 5.14. The lowest BCUT2D eigenvalue weighted by Crippen LogP contribution is -2.39. The molecule has 0 fully saturated rings. The average molecular weight is 245 g/mol. The third-order valence-electron chi connectivity index (χ3n) is 3.19. The van der Waals surface area contributed by atoms with Gasteiger partial charge in [-0.15, -0.1) is 0 Å². The van der Waals surface area contributed by atoms with Crippen molar-refractivity contribution in [2.24, 2.45) is 5.92 Å². The second-order valence-corrected chi connectivity index (χ2v) is 4.56. The first-order valence-corrected chi connectivity index (χ1v) is 6.68. The Morgan fingerprint density at radius 1 is 1.39 bits per heavy atom. The molecular formula is C16H23NO. The van der Waals surface area contributed by atoms with Gasteiger partial charge in [-0.3, -0.25) is 4.79 Å². The molecule has 0 aromatic heterocycles.